The second-order valence-electron chi connectivity index (χ2n) is 8.25. The first kappa shape index (κ1) is 21.9. The number of anilines is 1. The standard InChI is InChI=1S/C26H20FNO8/c1-31-21-7-13(8-22(32-2)25(21)29)23-16-9-19-20(35-12-34-19)10-17(16)28(18-11-33-26(30)24(18)23)36-15-5-3-14(27)4-6-15/h3-10,23,29H,11-12H2,1-2H3. The van der Waals surface area contributed by atoms with E-state index in [0.29, 0.717) is 45.3 Å². The molecule has 1 atom stereocenters. The number of hydrogen-bond acceptors (Lipinski definition) is 9. The molecule has 3 aromatic carbocycles. The lowest BCUT2D eigenvalue weighted by Gasteiger charge is -2.35. The van der Waals surface area contributed by atoms with Crippen LogP contribution in [0.1, 0.15) is 17.0 Å². The van der Waals surface area contributed by atoms with Gasteiger partial charge in [-0.1, -0.05) is 0 Å². The number of hydrogen-bond donors (Lipinski definition) is 1. The van der Waals surface area contributed by atoms with Gasteiger partial charge in [0.2, 0.25) is 12.5 Å². The highest BCUT2D eigenvalue weighted by atomic mass is 19.1. The van der Waals surface area contributed by atoms with Crippen LogP contribution < -0.4 is 28.8 Å². The number of ether oxygens (including phenoxy) is 5. The summed E-state index contributed by atoms with van der Waals surface area (Å²) in [6.45, 7) is 0.0177. The molecule has 0 saturated heterocycles. The summed E-state index contributed by atoms with van der Waals surface area (Å²) in [4.78, 5) is 19.2. The number of fused-ring (bicyclic) bond motifs is 2. The molecule has 3 aliphatic heterocycles. The van der Waals surface area contributed by atoms with Gasteiger partial charge in [-0.25, -0.2) is 9.18 Å². The molecule has 0 fully saturated rings. The van der Waals surface area contributed by atoms with Crippen molar-refractivity contribution in [2.75, 3.05) is 32.7 Å². The minimum absolute atomic E-state index is 0.0356. The molecular formula is C26H20FNO8. The zero-order valence-corrected chi connectivity index (χ0v) is 19.2. The van der Waals surface area contributed by atoms with Crippen LogP contribution in [-0.4, -0.2) is 38.7 Å². The molecule has 1 unspecified atom stereocenters. The Labute approximate surface area is 204 Å². The molecule has 3 aromatic rings. The zero-order chi connectivity index (χ0) is 25.0. The van der Waals surface area contributed by atoms with Crippen molar-refractivity contribution in [1.29, 1.82) is 0 Å². The monoisotopic (exact) mass is 493 g/mol. The molecule has 0 amide bonds. The van der Waals surface area contributed by atoms with Crippen LogP contribution in [-0.2, 0) is 9.53 Å². The van der Waals surface area contributed by atoms with Crippen LogP contribution in [0.3, 0.4) is 0 Å². The molecule has 6 rings (SSSR count). The summed E-state index contributed by atoms with van der Waals surface area (Å²) in [5, 5.41) is 11.9. The fraction of sp³-hybridized carbons (Fsp3) is 0.192. The van der Waals surface area contributed by atoms with Crippen molar-refractivity contribution in [3.05, 3.63) is 76.7 Å². The SMILES string of the molecule is COc1cc(C2C3=C(COC3=O)N(Oc3ccc(F)cc3)c3cc4c(cc32)OCO4)cc(OC)c1O. The molecular weight excluding hydrogens is 473 g/mol. The molecule has 0 aliphatic carbocycles. The summed E-state index contributed by atoms with van der Waals surface area (Å²) < 4.78 is 40.9. The molecule has 0 bridgehead atoms. The zero-order valence-electron chi connectivity index (χ0n) is 19.2. The van der Waals surface area contributed by atoms with Gasteiger partial charge < -0.3 is 33.6 Å². The number of nitrogens with zero attached hydrogens (tertiary/aromatic N) is 1. The second-order valence-corrected chi connectivity index (χ2v) is 8.25. The van der Waals surface area contributed by atoms with E-state index in [1.165, 1.54) is 43.5 Å². The average molecular weight is 493 g/mol. The quantitative estimate of drug-likeness (QED) is 0.529. The molecule has 0 spiro atoms. The van der Waals surface area contributed by atoms with Crippen LogP contribution in [0.2, 0.25) is 0 Å². The van der Waals surface area contributed by atoms with Crippen LogP contribution in [0.5, 0.6) is 34.5 Å². The first-order valence-corrected chi connectivity index (χ1v) is 11.0. The summed E-state index contributed by atoms with van der Waals surface area (Å²) in [5.74, 6) is 0.0409. The molecule has 0 radical (unpaired) electrons. The summed E-state index contributed by atoms with van der Waals surface area (Å²) in [5.41, 5.74) is 2.68. The third kappa shape index (κ3) is 3.33. The van der Waals surface area contributed by atoms with Gasteiger partial charge in [-0.3, -0.25) is 0 Å². The Morgan fingerprint density at radius 3 is 2.31 bits per heavy atom. The van der Waals surface area contributed by atoms with E-state index < -0.39 is 17.7 Å². The largest absolute Gasteiger partial charge is 0.502 e. The Balaban J connectivity index is 1.58. The number of carbonyl (C=O) groups is 1. The number of esters is 1. The lowest BCUT2D eigenvalue weighted by molar-refractivity contribution is -0.136. The predicted octanol–water partition coefficient (Wildman–Crippen LogP) is 4.03. The molecule has 1 N–H and O–H groups in total. The molecule has 184 valence electrons. The van der Waals surface area contributed by atoms with E-state index in [4.69, 9.17) is 28.5 Å². The van der Waals surface area contributed by atoms with Gasteiger partial charge in [-0.15, -0.1) is 0 Å². The molecule has 3 heterocycles. The Morgan fingerprint density at radius 2 is 1.64 bits per heavy atom. The fourth-order valence-corrected chi connectivity index (χ4v) is 4.65. The number of methoxy groups -OCH3 is 2. The van der Waals surface area contributed by atoms with Gasteiger partial charge in [-0.2, -0.15) is 5.06 Å². The van der Waals surface area contributed by atoms with Crippen molar-refractivity contribution in [3.8, 4) is 34.5 Å². The Kier molecular flexibility index (Phi) is 5.03. The molecule has 10 heteroatoms. The lowest BCUT2D eigenvalue weighted by atomic mass is 9.80. The molecule has 9 nitrogen and oxygen atoms in total. The molecule has 0 saturated carbocycles. The van der Waals surface area contributed by atoms with Crippen molar-refractivity contribution in [2.24, 2.45) is 0 Å². The highest BCUT2D eigenvalue weighted by Gasteiger charge is 2.44. The highest BCUT2D eigenvalue weighted by Crippen LogP contribution is 2.53. The Bertz CT molecular complexity index is 1390. The van der Waals surface area contributed by atoms with E-state index in [1.807, 2.05) is 0 Å². The summed E-state index contributed by atoms with van der Waals surface area (Å²) in [6.07, 6.45) is 0. The number of rotatable bonds is 5. The Hall–Kier alpha value is -4.60. The second kappa shape index (κ2) is 8.26. The predicted molar refractivity (Wildman–Crippen MR) is 123 cm³/mol. The van der Waals surface area contributed by atoms with Crippen LogP contribution >= 0.6 is 0 Å². The number of phenolic OH excluding ortho intramolecular Hbond substituents is 1. The smallest absolute Gasteiger partial charge is 0.337 e. The minimum Gasteiger partial charge on any atom is -0.502 e. The molecule has 3 aliphatic rings. The van der Waals surface area contributed by atoms with E-state index >= 15 is 0 Å². The summed E-state index contributed by atoms with van der Waals surface area (Å²) >= 11 is 0. The number of halogens is 1. The van der Waals surface area contributed by atoms with Gasteiger partial charge >= 0.3 is 5.97 Å². The normalized spacial score (nSPS) is 17.5. The first-order chi connectivity index (χ1) is 17.5. The number of phenols is 1. The first-order valence-electron chi connectivity index (χ1n) is 11.0. The van der Waals surface area contributed by atoms with Gasteiger partial charge in [-0.05, 0) is 53.6 Å². The van der Waals surface area contributed by atoms with E-state index in [-0.39, 0.29) is 30.6 Å². The average Bonchev–Trinajstić information content (AvgIpc) is 3.51. The molecule has 36 heavy (non-hydrogen) atoms. The van der Waals surface area contributed by atoms with E-state index in [0.717, 1.165) is 0 Å². The maximum atomic E-state index is 13.5. The van der Waals surface area contributed by atoms with Crippen molar-refractivity contribution < 1.29 is 42.8 Å². The Morgan fingerprint density at radius 1 is 0.972 bits per heavy atom. The fourth-order valence-electron chi connectivity index (χ4n) is 4.65. The highest BCUT2D eigenvalue weighted by molar-refractivity contribution is 5.97. The van der Waals surface area contributed by atoms with Gasteiger partial charge in [0.25, 0.3) is 0 Å². The number of aromatic hydroxyl groups is 1. The van der Waals surface area contributed by atoms with Crippen molar-refractivity contribution >= 4 is 11.7 Å². The van der Waals surface area contributed by atoms with Crippen LogP contribution in [0, 0.1) is 5.82 Å². The molecule has 0 aromatic heterocycles. The number of benzene rings is 3. The maximum absolute atomic E-state index is 13.5. The van der Waals surface area contributed by atoms with E-state index in [9.17, 15) is 14.3 Å². The van der Waals surface area contributed by atoms with Gasteiger partial charge in [0.05, 0.1) is 25.5 Å². The van der Waals surface area contributed by atoms with Crippen molar-refractivity contribution in [3.63, 3.8) is 0 Å². The summed E-state index contributed by atoms with van der Waals surface area (Å²) in [6, 6.07) is 12.4. The van der Waals surface area contributed by atoms with Crippen molar-refractivity contribution in [2.45, 2.75) is 5.92 Å². The third-order valence-electron chi connectivity index (χ3n) is 6.30. The van der Waals surface area contributed by atoms with E-state index in [2.05, 4.69) is 0 Å². The van der Waals surface area contributed by atoms with Crippen LogP contribution in [0.4, 0.5) is 10.1 Å². The number of carbonyl (C=O) groups excluding carboxylic acids is 1. The topological polar surface area (TPSA) is 95.9 Å². The summed E-state index contributed by atoms with van der Waals surface area (Å²) in [7, 11) is 2.86. The maximum Gasteiger partial charge on any atom is 0.337 e. The van der Waals surface area contributed by atoms with Crippen molar-refractivity contribution in [1.82, 2.24) is 0 Å². The van der Waals surface area contributed by atoms with E-state index in [1.54, 1.807) is 24.3 Å². The number of cyclic esters (lactones) is 1. The van der Waals surface area contributed by atoms with Gasteiger partial charge in [0.1, 0.15) is 18.1 Å². The van der Waals surface area contributed by atoms with Gasteiger partial charge in [0.15, 0.2) is 28.7 Å². The third-order valence-corrected chi connectivity index (χ3v) is 6.30. The van der Waals surface area contributed by atoms with Gasteiger partial charge in [0, 0.05) is 12.0 Å². The van der Waals surface area contributed by atoms with Crippen LogP contribution in [0.15, 0.2) is 59.8 Å². The lowest BCUT2D eigenvalue weighted by Crippen LogP contribution is -2.34. The minimum atomic E-state index is -0.629. The number of hydroxylamine groups is 1. The van der Waals surface area contributed by atoms with Crippen LogP contribution in [0.25, 0.3) is 0 Å².